The van der Waals surface area contributed by atoms with E-state index in [2.05, 4.69) is 41.7 Å². The van der Waals surface area contributed by atoms with Crippen molar-refractivity contribution < 1.29 is 5.21 Å². The van der Waals surface area contributed by atoms with Crippen LogP contribution in [-0.4, -0.2) is 10.9 Å². The summed E-state index contributed by atoms with van der Waals surface area (Å²) in [5, 5.41) is 16.6. The SMILES string of the molecule is CC1/C(=N\O)CC(c2ccccc2)NC1c1ccccc1. The van der Waals surface area contributed by atoms with Gasteiger partial charge in [0.15, 0.2) is 0 Å². The first-order valence-corrected chi connectivity index (χ1v) is 7.36. The highest BCUT2D eigenvalue weighted by molar-refractivity contribution is 5.88. The minimum Gasteiger partial charge on any atom is -0.411 e. The zero-order chi connectivity index (χ0) is 14.7. The van der Waals surface area contributed by atoms with Gasteiger partial charge in [0.25, 0.3) is 0 Å². The summed E-state index contributed by atoms with van der Waals surface area (Å²) in [6.45, 7) is 2.11. The molecular formula is C18H20N2O. The third-order valence-corrected chi connectivity index (χ3v) is 4.31. The van der Waals surface area contributed by atoms with Crippen LogP contribution in [0.4, 0.5) is 0 Å². The molecule has 108 valence electrons. The molecular weight excluding hydrogens is 260 g/mol. The van der Waals surface area contributed by atoms with Crippen molar-refractivity contribution in [3.8, 4) is 0 Å². The van der Waals surface area contributed by atoms with Crippen molar-refractivity contribution in [3.05, 3.63) is 71.8 Å². The highest BCUT2D eigenvalue weighted by Crippen LogP contribution is 2.35. The molecule has 0 aliphatic carbocycles. The van der Waals surface area contributed by atoms with E-state index < -0.39 is 0 Å². The quantitative estimate of drug-likeness (QED) is 0.646. The molecule has 3 rings (SSSR count). The van der Waals surface area contributed by atoms with Gasteiger partial charge in [0.1, 0.15) is 0 Å². The molecule has 0 saturated carbocycles. The van der Waals surface area contributed by atoms with Gasteiger partial charge < -0.3 is 10.5 Å². The van der Waals surface area contributed by atoms with Crippen LogP contribution in [0.3, 0.4) is 0 Å². The Labute approximate surface area is 125 Å². The first-order chi connectivity index (χ1) is 10.3. The Balaban J connectivity index is 1.93. The second kappa shape index (κ2) is 6.10. The number of hydrogen-bond acceptors (Lipinski definition) is 3. The van der Waals surface area contributed by atoms with Crippen molar-refractivity contribution in [2.75, 3.05) is 0 Å². The molecule has 3 atom stereocenters. The topological polar surface area (TPSA) is 44.6 Å². The molecule has 3 nitrogen and oxygen atoms in total. The van der Waals surface area contributed by atoms with Crippen molar-refractivity contribution in [3.63, 3.8) is 0 Å². The van der Waals surface area contributed by atoms with E-state index in [-0.39, 0.29) is 18.0 Å². The monoisotopic (exact) mass is 280 g/mol. The second-order valence-electron chi connectivity index (χ2n) is 5.60. The van der Waals surface area contributed by atoms with E-state index >= 15 is 0 Å². The minimum absolute atomic E-state index is 0.163. The van der Waals surface area contributed by atoms with Crippen LogP contribution in [0.5, 0.6) is 0 Å². The highest BCUT2D eigenvalue weighted by Gasteiger charge is 2.33. The van der Waals surface area contributed by atoms with Gasteiger partial charge in [0, 0.05) is 24.4 Å². The van der Waals surface area contributed by atoms with E-state index in [1.54, 1.807) is 0 Å². The van der Waals surface area contributed by atoms with Crippen LogP contribution in [0.25, 0.3) is 0 Å². The summed E-state index contributed by atoms with van der Waals surface area (Å²) in [5.74, 6) is 0.178. The first kappa shape index (κ1) is 13.8. The third kappa shape index (κ3) is 2.83. The molecule has 2 aromatic carbocycles. The molecule has 3 unspecified atom stereocenters. The van der Waals surface area contributed by atoms with Crippen molar-refractivity contribution in [1.82, 2.24) is 5.32 Å². The van der Waals surface area contributed by atoms with Gasteiger partial charge in [0.05, 0.1) is 5.71 Å². The highest BCUT2D eigenvalue weighted by atomic mass is 16.4. The standard InChI is InChI=1S/C18H20N2O/c1-13-16(20-21)12-17(14-8-4-2-5-9-14)19-18(13)15-10-6-3-7-11-15/h2-11,13,17-19,21H,12H2,1H3/b20-16-. The normalized spacial score (nSPS) is 27.7. The van der Waals surface area contributed by atoms with Crippen LogP contribution >= 0.6 is 0 Å². The lowest BCUT2D eigenvalue weighted by Gasteiger charge is -2.37. The lowest BCUT2D eigenvalue weighted by atomic mass is 9.81. The Bertz CT molecular complexity index is 610. The number of piperidine rings is 1. The molecule has 1 heterocycles. The van der Waals surface area contributed by atoms with E-state index in [0.717, 1.165) is 12.1 Å². The molecule has 0 amide bonds. The van der Waals surface area contributed by atoms with Gasteiger partial charge in [-0.2, -0.15) is 0 Å². The van der Waals surface area contributed by atoms with Crippen molar-refractivity contribution in [2.45, 2.75) is 25.4 Å². The van der Waals surface area contributed by atoms with Crippen LogP contribution < -0.4 is 5.32 Å². The Kier molecular flexibility index (Phi) is 4.02. The van der Waals surface area contributed by atoms with Crippen molar-refractivity contribution in [1.29, 1.82) is 0 Å². The maximum Gasteiger partial charge on any atom is 0.0636 e. The van der Waals surface area contributed by atoms with Gasteiger partial charge in [-0.1, -0.05) is 72.7 Å². The summed E-state index contributed by atoms with van der Waals surface area (Å²) >= 11 is 0. The van der Waals surface area contributed by atoms with Gasteiger partial charge in [-0.3, -0.25) is 0 Å². The molecule has 0 spiro atoms. The second-order valence-corrected chi connectivity index (χ2v) is 5.60. The van der Waals surface area contributed by atoms with Crippen LogP contribution in [0.1, 0.15) is 36.6 Å². The van der Waals surface area contributed by atoms with E-state index in [0.29, 0.717) is 0 Å². The summed E-state index contributed by atoms with van der Waals surface area (Å²) in [7, 11) is 0. The van der Waals surface area contributed by atoms with Crippen LogP contribution in [-0.2, 0) is 0 Å². The molecule has 1 fully saturated rings. The Morgan fingerprint density at radius 2 is 1.52 bits per heavy atom. The van der Waals surface area contributed by atoms with E-state index in [1.807, 2.05) is 36.4 Å². The fourth-order valence-corrected chi connectivity index (χ4v) is 3.08. The molecule has 1 aliphatic heterocycles. The summed E-state index contributed by atoms with van der Waals surface area (Å²) in [6.07, 6.45) is 0.741. The summed E-state index contributed by atoms with van der Waals surface area (Å²) in [5.41, 5.74) is 3.31. The predicted molar refractivity (Wildman–Crippen MR) is 84.5 cm³/mol. The molecule has 0 bridgehead atoms. The first-order valence-electron chi connectivity index (χ1n) is 7.36. The van der Waals surface area contributed by atoms with Gasteiger partial charge in [0.2, 0.25) is 0 Å². The average Bonchev–Trinajstić information content (AvgIpc) is 2.56. The largest absolute Gasteiger partial charge is 0.411 e. The molecule has 2 N–H and O–H groups in total. The van der Waals surface area contributed by atoms with E-state index in [9.17, 15) is 5.21 Å². The molecule has 1 aliphatic rings. The number of nitrogens with zero attached hydrogens (tertiary/aromatic N) is 1. The maximum atomic E-state index is 9.35. The average molecular weight is 280 g/mol. The van der Waals surface area contributed by atoms with Crippen molar-refractivity contribution in [2.24, 2.45) is 11.1 Å². The lowest BCUT2D eigenvalue weighted by molar-refractivity contribution is 0.294. The zero-order valence-electron chi connectivity index (χ0n) is 12.1. The molecule has 0 radical (unpaired) electrons. The fraction of sp³-hybridized carbons (Fsp3) is 0.278. The predicted octanol–water partition coefficient (Wildman–Crippen LogP) is 3.93. The van der Waals surface area contributed by atoms with Crippen molar-refractivity contribution >= 4 is 5.71 Å². The van der Waals surface area contributed by atoms with Gasteiger partial charge in [-0.05, 0) is 11.1 Å². The minimum atomic E-state index is 0.163. The molecule has 3 heteroatoms. The number of hydrogen-bond donors (Lipinski definition) is 2. The number of nitrogens with one attached hydrogen (secondary N) is 1. The third-order valence-electron chi connectivity index (χ3n) is 4.31. The molecule has 1 saturated heterocycles. The van der Waals surface area contributed by atoms with Gasteiger partial charge in [-0.15, -0.1) is 0 Å². The van der Waals surface area contributed by atoms with E-state index in [4.69, 9.17) is 0 Å². The molecule has 2 aromatic rings. The smallest absolute Gasteiger partial charge is 0.0636 e. The Morgan fingerprint density at radius 3 is 2.10 bits per heavy atom. The van der Waals surface area contributed by atoms with Crippen LogP contribution in [0.15, 0.2) is 65.8 Å². The van der Waals surface area contributed by atoms with Gasteiger partial charge in [-0.25, -0.2) is 0 Å². The van der Waals surface area contributed by atoms with Crippen LogP contribution in [0, 0.1) is 5.92 Å². The van der Waals surface area contributed by atoms with Crippen LogP contribution in [0.2, 0.25) is 0 Å². The Morgan fingerprint density at radius 1 is 0.952 bits per heavy atom. The maximum absolute atomic E-state index is 9.35. The van der Waals surface area contributed by atoms with Gasteiger partial charge >= 0.3 is 0 Å². The summed E-state index contributed by atoms with van der Waals surface area (Å²) in [4.78, 5) is 0. The molecule has 21 heavy (non-hydrogen) atoms. The number of oxime groups is 1. The zero-order valence-corrected chi connectivity index (χ0v) is 12.1. The Hall–Kier alpha value is -2.13. The summed E-state index contributed by atoms with van der Waals surface area (Å²) in [6, 6.07) is 21.0. The number of benzene rings is 2. The molecule has 0 aromatic heterocycles. The number of rotatable bonds is 2. The summed E-state index contributed by atoms with van der Waals surface area (Å²) < 4.78 is 0. The fourth-order valence-electron chi connectivity index (χ4n) is 3.08. The van der Waals surface area contributed by atoms with E-state index in [1.165, 1.54) is 11.1 Å². The lowest BCUT2D eigenvalue weighted by Crippen LogP contribution is -2.41.